The van der Waals surface area contributed by atoms with Crippen molar-refractivity contribution in [2.45, 2.75) is 10.8 Å². The Kier molecular flexibility index (Phi) is 5.86. The summed E-state index contributed by atoms with van der Waals surface area (Å²) >= 11 is 0. The van der Waals surface area contributed by atoms with Gasteiger partial charge in [0.25, 0.3) is 10.0 Å². The summed E-state index contributed by atoms with van der Waals surface area (Å²) in [5.74, 6) is 1.17. The number of amidine groups is 1. The van der Waals surface area contributed by atoms with E-state index in [0.717, 1.165) is 13.1 Å². The van der Waals surface area contributed by atoms with Crippen LogP contribution < -0.4 is 11.1 Å². The maximum absolute atomic E-state index is 12.4. The Morgan fingerprint density at radius 3 is 2.52 bits per heavy atom. The van der Waals surface area contributed by atoms with Crippen LogP contribution in [0.2, 0.25) is 0 Å². The van der Waals surface area contributed by atoms with Crippen LogP contribution in [0.25, 0.3) is 0 Å². The molecule has 8 heteroatoms. The van der Waals surface area contributed by atoms with Gasteiger partial charge in [-0.15, -0.1) is 16.8 Å². The van der Waals surface area contributed by atoms with E-state index in [0.29, 0.717) is 36.4 Å². The summed E-state index contributed by atoms with van der Waals surface area (Å²) in [5.41, 5.74) is 7.86. The predicted molar refractivity (Wildman–Crippen MR) is 110 cm³/mol. The van der Waals surface area contributed by atoms with Crippen molar-refractivity contribution in [3.05, 3.63) is 60.2 Å². The Hall–Kier alpha value is -1.93. The van der Waals surface area contributed by atoms with Gasteiger partial charge in [-0.05, 0) is 30.2 Å². The summed E-state index contributed by atoms with van der Waals surface area (Å²) in [4.78, 5) is 2.46. The smallest absolute Gasteiger partial charge is 0.286 e. The molecule has 2 heterocycles. The Morgan fingerprint density at radius 2 is 1.78 bits per heavy atom. The quantitative estimate of drug-likeness (QED) is 0.813. The van der Waals surface area contributed by atoms with Crippen molar-refractivity contribution in [1.29, 1.82) is 0 Å². The van der Waals surface area contributed by atoms with Crippen LogP contribution in [0.4, 0.5) is 5.69 Å². The lowest BCUT2D eigenvalue weighted by molar-refractivity contribution is 0.369. The highest BCUT2D eigenvalue weighted by molar-refractivity contribution is 7.90. The number of fused-ring (bicyclic) bond motifs is 1. The molecule has 0 aliphatic carbocycles. The fourth-order valence-corrected chi connectivity index (χ4v) is 4.99. The van der Waals surface area contributed by atoms with Gasteiger partial charge < -0.3 is 11.1 Å². The third-order valence-electron chi connectivity index (χ3n) is 5.09. The lowest BCUT2D eigenvalue weighted by atomic mass is 9.89. The molecule has 144 valence electrons. The molecular weight excluding hydrogens is 384 g/mol. The number of hydrogen-bond acceptors (Lipinski definition) is 5. The first-order valence-corrected chi connectivity index (χ1v) is 10.2. The molecule has 2 aromatic carbocycles. The monoisotopic (exact) mass is 406 g/mol. The molecule has 0 bridgehead atoms. The lowest BCUT2D eigenvalue weighted by Crippen LogP contribution is -2.35. The minimum atomic E-state index is -3.64. The van der Waals surface area contributed by atoms with Gasteiger partial charge in [0, 0.05) is 19.0 Å². The van der Waals surface area contributed by atoms with E-state index in [1.54, 1.807) is 18.2 Å². The van der Waals surface area contributed by atoms with Crippen molar-refractivity contribution < 1.29 is 8.42 Å². The van der Waals surface area contributed by atoms with Crippen LogP contribution in [-0.2, 0) is 10.0 Å². The zero-order valence-corrected chi connectivity index (χ0v) is 16.4. The van der Waals surface area contributed by atoms with Crippen molar-refractivity contribution in [2.24, 2.45) is 16.0 Å². The molecule has 2 aromatic rings. The zero-order chi connectivity index (χ0) is 18.1. The van der Waals surface area contributed by atoms with E-state index in [4.69, 9.17) is 5.73 Å². The fraction of sp³-hybridized carbons (Fsp3) is 0.316. The average Bonchev–Trinajstić information content (AvgIpc) is 3.05. The predicted octanol–water partition coefficient (Wildman–Crippen LogP) is 2.30. The number of nitrogens with zero attached hydrogens (tertiary/aromatic N) is 2. The molecule has 6 nitrogen and oxygen atoms in total. The van der Waals surface area contributed by atoms with Crippen molar-refractivity contribution >= 4 is 34.0 Å². The number of halogens is 1. The number of benzene rings is 2. The third-order valence-corrected chi connectivity index (χ3v) is 6.47. The van der Waals surface area contributed by atoms with E-state index >= 15 is 0 Å². The second kappa shape index (κ2) is 7.98. The van der Waals surface area contributed by atoms with Crippen molar-refractivity contribution in [3.63, 3.8) is 0 Å². The average molecular weight is 407 g/mol. The molecule has 0 radical (unpaired) electrons. The van der Waals surface area contributed by atoms with Crippen molar-refractivity contribution in [2.75, 3.05) is 31.5 Å². The highest BCUT2D eigenvalue weighted by atomic mass is 35.5. The molecule has 3 N–H and O–H groups in total. The molecule has 0 amide bonds. The van der Waals surface area contributed by atoms with E-state index in [1.165, 1.54) is 5.56 Å². The maximum atomic E-state index is 12.4. The van der Waals surface area contributed by atoms with Crippen LogP contribution >= 0.6 is 12.4 Å². The van der Waals surface area contributed by atoms with E-state index in [1.807, 2.05) is 24.3 Å². The van der Waals surface area contributed by atoms with Gasteiger partial charge in [-0.25, -0.2) is 0 Å². The van der Waals surface area contributed by atoms with Crippen molar-refractivity contribution in [1.82, 2.24) is 4.90 Å². The fourth-order valence-electron chi connectivity index (χ4n) is 3.85. The summed E-state index contributed by atoms with van der Waals surface area (Å²) < 4.78 is 28.8. The molecule has 4 rings (SSSR count). The Balaban J connectivity index is 0.00000210. The van der Waals surface area contributed by atoms with Gasteiger partial charge in [0.05, 0.1) is 12.2 Å². The number of rotatable bonds is 4. The molecule has 1 saturated heterocycles. The summed E-state index contributed by atoms with van der Waals surface area (Å²) in [7, 11) is -3.64. The number of sulfonamides is 1. The van der Waals surface area contributed by atoms with Crippen molar-refractivity contribution in [3.8, 4) is 0 Å². The van der Waals surface area contributed by atoms with Gasteiger partial charge in [-0.2, -0.15) is 8.42 Å². The van der Waals surface area contributed by atoms with Gasteiger partial charge in [-0.1, -0.05) is 42.5 Å². The largest absolute Gasteiger partial charge is 0.341 e. The molecule has 2 aliphatic rings. The van der Waals surface area contributed by atoms with Crippen LogP contribution in [0, 0.1) is 5.92 Å². The van der Waals surface area contributed by atoms with Crippen LogP contribution in [0.5, 0.6) is 0 Å². The van der Waals surface area contributed by atoms with Gasteiger partial charge >= 0.3 is 0 Å². The Labute approximate surface area is 165 Å². The third kappa shape index (κ3) is 4.01. The lowest BCUT2D eigenvalue weighted by Gasteiger charge is -2.22. The highest BCUT2D eigenvalue weighted by Crippen LogP contribution is 2.32. The van der Waals surface area contributed by atoms with E-state index in [2.05, 4.69) is 26.7 Å². The molecule has 2 aliphatic heterocycles. The summed E-state index contributed by atoms with van der Waals surface area (Å²) in [6, 6.07) is 17.2. The number of nitrogens with two attached hydrogens (primary N) is 1. The van der Waals surface area contributed by atoms with Gasteiger partial charge in [-0.3, -0.25) is 4.90 Å². The van der Waals surface area contributed by atoms with Crippen LogP contribution in [-0.4, -0.2) is 45.3 Å². The SMILES string of the molecule is Cl.NC[C@@H]1CN(CC2=NS(=O)(=O)c3ccccc3N2)C[C@H]1c1ccccc1. The van der Waals surface area contributed by atoms with Gasteiger partial charge in [0.1, 0.15) is 10.7 Å². The molecule has 1 fully saturated rings. The van der Waals surface area contributed by atoms with E-state index in [9.17, 15) is 8.42 Å². The first-order valence-electron chi connectivity index (χ1n) is 8.74. The minimum Gasteiger partial charge on any atom is -0.341 e. The van der Waals surface area contributed by atoms with Crippen LogP contribution in [0.1, 0.15) is 11.5 Å². The van der Waals surface area contributed by atoms with E-state index in [-0.39, 0.29) is 17.3 Å². The second-order valence-electron chi connectivity index (χ2n) is 6.84. The molecular formula is C19H23ClN4O2S. The first kappa shape index (κ1) is 19.8. The molecule has 0 spiro atoms. The number of likely N-dealkylation sites (tertiary alicyclic amines) is 1. The Bertz CT molecular complexity index is 934. The molecule has 0 saturated carbocycles. The summed E-state index contributed by atoms with van der Waals surface area (Å²) in [6.45, 7) is 2.75. The number of anilines is 1. The first-order chi connectivity index (χ1) is 12.6. The zero-order valence-electron chi connectivity index (χ0n) is 14.8. The molecule has 27 heavy (non-hydrogen) atoms. The summed E-state index contributed by atoms with van der Waals surface area (Å²) in [6.07, 6.45) is 0. The summed E-state index contributed by atoms with van der Waals surface area (Å²) in [5, 5.41) is 3.16. The normalized spacial score (nSPS) is 23.7. The molecule has 2 atom stereocenters. The minimum absolute atomic E-state index is 0. The number of hydrogen-bond donors (Lipinski definition) is 2. The molecule has 0 aromatic heterocycles. The maximum Gasteiger partial charge on any atom is 0.286 e. The number of nitrogens with one attached hydrogen (secondary N) is 1. The van der Waals surface area contributed by atoms with Crippen LogP contribution in [0.3, 0.4) is 0 Å². The number of para-hydroxylation sites is 1. The van der Waals surface area contributed by atoms with Gasteiger partial charge in [0.2, 0.25) is 0 Å². The molecule has 0 unspecified atom stereocenters. The highest BCUT2D eigenvalue weighted by Gasteiger charge is 2.34. The second-order valence-corrected chi connectivity index (χ2v) is 8.41. The Morgan fingerprint density at radius 1 is 1.07 bits per heavy atom. The van der Waals surface area contributed by atoms with E-state index < -0.39 is 10.0 Å². The van der Waals surface area contributed by atoms with Gasteiger partial charge in [0.15, 0.2) is 0 Å². The topological polar surface area (TPSA) is 87.8 Å². The van der Waals surface area contributed by atoms with Crippen LogP contribution in [0.15, 0.2) is 63.9 Å². The standard InChI is InChI=1S/C19H22N4O2S.ClH/c20-10-15-11-23(12-16(15)14-6-2-1-3-7-14)13-19-21-17-8-4-5-9-18(17)26(24,25)22-19;/h1-9,15-16H,10-13,20H2,(H,21,22);1H/t15-,16+;/m1./s1.